The normalized spacial score (nSPS) is 20.6. The van der Waals surface area contributed by atoms with E-state index in [1.54, 1.807) is 12.3 Å². The Morgan fingerprint density at radius 1 is 1.46 bits per heavy atom. The minimum atomic E-state index is -0.434. The molecule has 1 unspecified atom stereocenters. The maximum atomic E-state index is 9.89. The van der Waals surface area contributed by atoms with E-state index >= 15 is 0 Å². The molecule has 4 heterocycles. The molecule has 1 N–H and O–H groups in total. The van der Waals surface area contributed by atoms with Gasteiger partial charge < -0.3 is 36.9 Å². The summed E-state index contributed by atoms with van der Waals surface area (Å²) in [4.78, 5) is 8.62. The van der Waals surface area contributed by atoms with E-state index in [0.29, 0.717) is 31.2 Å². The summed E-state index contributed by atoms with van der Waals surface area (Å²) in [5.41, 5.74) is 0.987. The summed E-state index contributed by atoms with van der Waals surface area (Å²) < 4.78 is 17.5. The Morgan fingerprint density at radius 2 is 2.21 bits per heavy atom. The molecule has 4 rings (SSSR count). The second kappa shape index (κ2) is 9.45. The summed E-state index contributed by atoms with van der Waals surface area (Å²) in [5.74, 6) is -0.247. The van der Waals surface area contributed by atoms with Gasteiger partial charge in [-0.05, 0) is 13.0 Å². The second-order valence-corrected chi connectivity index (χ2v) is 6.21. The molecule has 0 bridgehead atoms. The van der Waals surface area contributed by atoms with Crippen molar-refractivity contribution >= 4 is 22.9 Å². The van der Waals surface area contributed by atoms with E-state index < -0.39 is 5.90 Å². The summed E-state index contributed by atoms with van der Waals surface area (Å²) in [7, 11) is 0. The third-order valence-electron chi connectivity index (χ3n) is 4.46. The molecule has 2 aliphatic heterocycles. The molecule has 2 atom stereocenters. The van der Waals surface area contributed by atoms with Crippen LogP contribution >= 0.6 is 0 Å². The zero-order valence-electron chi connectivity index (χ0n) is 16.0. The van der Waals surface area contributed by atoms with E-state index in [4.69, 9.17) is 20.8 Å². The molecule has 142 valence electrons. The average molecular weight is 406 g/mol. The monoisotopic (exact) mass is 406 g/mol. The molecule has 2 fully saturated rings. The summed E-state index contributed by atoms with van der Waals surface area (Å²) in [5, 5.41) is 22.8. The van der Waals surface area contributed by atoms with Crippen molar-refractivity contribution in [3.63, 3.8) is 0 Å². The number of rotatable bonds is 5. The van der Waals surface area contributed by atoms with Gasteiger partial charge in [0.15, 0.2) is 0 Å². The number of nitrogens with one attached hydrogen (secondary N) is 1. The third-order valence-corrected chi connectivity index (χ3v) is 4.46. The van der Waals surface area contributed by atoms with Gasteiger partial charge in [-0.3, -0.25) is 6.58 Å². The minimum absolute atomic E-state index is 0. The molecule has 0 saturated carbocycles. The van der Waals surface area contributed by atoms with Crippen molar-refractivity contribution < 1.29 is 65.6 Å². The van der Waals surface area contributed by atoms with Gasteiger partial charge in [0, 0.05) is 11.6 Å². The minimum Gasteiger partial charge on any atom is -0.873 e. The van der Waals surface area contributed by atoms with E-state index in [0.717, 1.165) is 5.39 Å². The molecule has 0 spiro atoms. The van der Waals surface area contributed by atoms with Gasteiger partial charge in [-0.1, -0.05) is 0 Å². The van der Waals surface area contributed by atoms with Crippen molar-refractivity contribution in [1.82, 2.24) is 14.5 Å². The van der Waals surface area contributed by atoms with Crippen molar-refractivity contribution in [2.24, 2.45) is 0 Å². The molecule has 2 aliphatic rings. The second-order valence-electron chi connectivity index (χ2n) is 6.21. The molecule has 2 aromatic heterocycles. The van der Waals surface area contributed by atoms with E-state index in [9.17, 15) is 10.7 Å². The Kier molecular flexibility index (Phi) is 7.75. The number of nitriles is 1. The molecule has 9 nitrogen and oxygen atoms in total. The Morgan fingerprint density at radius 3 is 2.75 bits per heavy atom. The molecule has 0 aliphatic carbocycles. The van der Waals surface area contributed by atoms with E-state index in [1.165, 1.54) is 0 Å². The Labute approximate surface area is 206 Å². The van der Waals surface area contributed by atoms with Crippen LogP contribution in [0.5, 0.6) is 0 Å². The molecule has 0 aromatic carbocycles. The smallest absolute Gasteiger partial charge is 0.873 e. The van der Waals surface area contributed by atoms with Crippen LogP contribution in [-0.4, -0.2) is 52.5 Å². The van der Waals surface area contributed by atoms with Crippen LogP contribution in [0.1, 0.15) is 18.7 Å². The number of ether oxygens (including phenoxy) is 3. The van der Waals surface area contributed by atoms with Gasteiger partial charge in [-0.25, -0.2) is 4.98 Å². The fourth-order valence-electron chi connectivity index (χ4n) is 2.83. The summed E-state index contributed by atoms with van der Waals surface area (Å²) >= 11 is 0. The SMILES string of the molecule is [CH-]=C(Nc1ncc2cc(C#N)n(C3CO[C@H]3C)c2n1)C(=[N-])OC1COC1.[CH3-].[K+]. The topological polar surface area (TPSA) is 117 Å². The number of aromatic nitrogens is 3. The maximum Gasteiger partial charge on any atom is 1.00 e. The van der Waals surface area contributed by atoms with Crippen LogP contribution in [0.2, 0.25) is 0 Å². The van der Waals surface area contributed by atoms with Gasteiger partial charge in [0.05, 0.1) is 32.0 Å². The quantitative estimate of drug-likeness (QED) is 0.288. The zero-order valence-corrected chi connectivity index (χ0v) is 19.2. The zero-order chi connectivity index (χ0) is 18.3. The Bertz CT molecular complexity index is 933. The standard InChI is InChI=1S/C17H16N6O3.CH3.K/c1-9(15(19)26-13-6-24-7-13)21-17-20-5-11-3-12(4-18)23(16(11)22-17)14-8-25-10(14)2;;/h1,3,5,10,13-14H,6-8H2,2H3,(H,20,21,22);1H3;/q-2;-1;+1/t10-,14?;;/m0../s1. The number of anilines is 1. The van der Waals surface area contributed by atoms with Crippen LogP contribution in [-0.2, 0) is 14.2 Å². The summed E-state index contributed by atoms with van der Waals surface area (Å²) in [6.45, 7) is 9.09. The molecule has 28 heavy (non-hydrogen) atoms. The van der Waals surface area contributed by atoms with Crippen molar-refractivity contribution in [3.8, 4) is 6.07 Å². The first kappa shape index (κ1) is 23.0. The average Bonchev–Trinajstić information content (AvgIpc) is 2.94. The largest absolute Gasteiger partial charge is 1.00 e. The van der Waals surface area contributed by atoms with E-state index in [1.807, 2.05) is 11.5 Å². The fraction of sp³-hybridized carbons (Fsp3) is 0.389. The molecule has 2 aromatic rings. The van der Waals surface area contributed by atoms with Crippen LogP contribution in [0.3, 0.4) is 0 Å². The van der Waals surface area contributed by atoms with Gasteiger partial charge in [0.1, 0.15) is 23.5 Å². The first-order valence-electron chi connectivity index (χ1n) is 8.16. The van der Waals surface area contributed by atoms with E-state index in [2.05, 4.69) is 21.4 Å². The predicted molar refractivity (Wildman–Crippen MR) is 98.6 cm³/mol. The number of nitrogens with zero attached hydrogens (tertiary/aromatic N) is 5. The summed E-state index contributed by atoms with van der Waals surface area (Å²) in [6, 6.07) is 3.95. The number of hydrogen-bond donors (Lipinski definition) is 1. The molecule has 10 heteroatoms. The first-order chi connectivity index (χ1) is 12.6. The van der Waals surface area contributed by atoms with Crippen LogP contribution in [0, 0.1) is 25.3 Å². The van der Waals surface area contributed by atoms with E-state index in [-0.39, 0.29) is 88.7 Å². The Balaban J connectivity index is 0.00000140. The maximum absolute atomic E-state index is 9.89. The third kappa shape index (κ3) is 4.31. The molecular weight excluding hydrogens is 387 g/mol. The van der Waals surface area contributed by atoms with Crippen molar-refractivity contribution in [2.75, 3.05) is 25.1 Å². The summed E-state index contributed by atoms with van der Waals surface area (Å²) in [6.07, 6.45) is 1.38. The fourth-order valence-corrected chi connectivity index (χ4v) is 2.83. The van der Waals surface area contributed by atoms with Crippen LogP contribution in [0.15, 0.2) is 18.0 Å². The predicted octanol–water partition coefficient (Wildman–Crippen LogP) is -1.17. The molecule has 2 saturated heterocycles. The van der Waals surface area contributed by atoms with Crippen LogP contribution < -0.4 is 56.7 Å². The van der Waals surface area contributed by atoms with Gasteiger partial charge in [0.25, 0.3) is 0 Å². The van der Waals surface area contributed by atoms with Crippen LogP contribution in [0.25, 0.3) is 16.4 Å². The number of fused-ring (bicyclic) bond motifs is 1. The van der Waals surface area contributed by atoms with Crippen molar-refractivity contribution in [1.29, 1.82) is 5.26 Å². The molecule has 0 amide bonds. The van der Waals surface area contributed by atoms with Crippen LogP contribution in [0.4, 0.5) is 5.95 Å². The van der Waals surface area contributed by atoms with Crippen molar-refractivity contribution in [3.05, 3.63) is 43.1 Å². The van der Waals surface area contributed by atoms with Crippen molar-refractivity contribution in [2.45, 2.75) is 25.2 Å². The van der Waals surface area contributed by atoms with Gasteiger partial charge in [-0.15, -0.1) is 5.70 Å². The molecule has 0 radical (unpaired) electrons. The molecular formula is C18H19KN6O3-2. The van der Waals surface area contributed by atoms with Gasteiger partial charge in [-0.2, -0.15) is 16.1 Å². The number of hydrogen-bond acceptors (Lipinski definition) is 7. The van der Waals surface area contributed by atoms with Gasteiger partial charge in [0.2, 0.25) is 5.95 Å². The first-order valence-corrected chi connectivity index (χ1v) is 8.16. The van der Waals surface area contributed by atoms with Gasteiger partial charge >= 0.3 is 51.4 Å². The Hall–Kier alpha value is -1.32.